The van der Waals surface area contributed by atoms with E-state index in [2.05, 4.69) is 4.99 Å². The first-order chi connectivity index (χ1) is 11.9. The Morgan fingerprint density at radius 3 is 2.64 bits per heavy atom. The maximum atomic E-state index is 12.1. The molecule has 1 aliphatic heterocycles. The summed E-state index contributed by atoms with van der Waals surface area (Å²) in [4.78, 5) is 28.0. The van der Waals surface area contributed by atoms with E-state index in [1.54, 1.807) is 38.1 Å². The van der Waals surface area contributed by atoms with Crippen LogP contribution in [0.3, 0.4) is 0 Å². The van der Waals surface area contributed by atoms with Gasteiger partial charge in [-0.05, 0) is 30.7 Å². The highest BCUT2D eigenvalue weighted by molar-refractivity contribution is 8.18. The average molecular weight is 400 g/mol. The number of carbonyl (C=O) groups is 2. The zero-order chi connectivity index (χ0) is 18.6. The van der Waals surface area contributed by atoms with E-state index in [1.807, 2.05) is 0 Å². The number of hydrogen-bond acceptors (Lipinski definition) is 5. The number of aliphatic hydroxyl groups is 1. The van der Waals surface area contributed by atoms with Crippen molar-refractivity contribution < 1.29 is 19.4 Å². The van der Waals surface area contributed by atoms with Gasteiger partial charge in [0.15, 0.2) is 0 Å². The Kier molecular flexibility index (Phi) is 6.70. The van der Waals surface area contributed by atoms with E-state index in [0.717, 1.165) is 11.8 Å². The third kappa shape index (κ3) is 4.66. The summed E-state index contributed by atoms with van der Waals surface area (Å²) in [7, 11) is 0. The fourth-order valence-corrected chi connectivity index (χ4v) is 3.43. The molecule has 5 nitrogen and oxygen atoms in total. The molecular formula is C17H15Cl2NO4S. The van der Waals surface area contributed by atoms with E-state index >= 15 is 0 Å². The summed E-state index contributed by atoms with van der Waals surface area (Å²) in [5.41, 5.74) is 0.483. The number of halogens is 2. The van der Waals surface area contributed by atoms with Crippen molar-refractivity contribution >= 4 is 58.0 Å². The van der Waals surface area contributed by atoms with Crippen LogP contribution < -0.4 is 0 Å². The lowest BCUT2D eigenvalue weighted by Gasteiger charge is -2.03. The molecule has 2 rings (SSSR count). The minimum atomic E-state index is -0.735. The van der Waals surface area contributed by atoms with Crippen LogP contribution in [0.5, 0.6) is 0 Å². The smallest absolute Gasteiger partial charge is 0.344 e. The summed E-state index contributed by atoms with van der Waals surface area (Å²) in [5, 5.41) is 11.4. The van der Waals surface area contributed by atoms with Gasteiger partial charge in [-0.1, -0.05) is 48.0 Å². The number of ether oxygens (including phenoxy) is 1. The molecule has 0 radical (unpaired) electrons. The van der Waals surface area contributed by atoms with Gasteiger partial charge in [-0.2, -0.15) is 0 Å². The highest BCUT2D eigenvalue weighted by Gasteiger charge is 2.33. The highest BCUT2D eigenvalue weighted by Crippen LogP contribution is 2.40. The standard InChI is InChI=1S/C17H15Cl2NO4S/c1-3-13(21)20-16-14(17(23)24-4-2)15(22)12(25-16)7-9-5-6-10(18)8-11(9)19/h5-8,22H,3-4H2,1-2H3/b12-7-,20-16?. The predicted molar refractivity (Wildman–Crippen MR) is 101 cm³/mol. The van der Waals surface area contributed by atoms with Crippen molar-refractivity contribution in [3.63, 3.8) is 0 Å². The van der Waals surface area contributed by atoms with Gasteiger partial charge in [0.1, 0.15) is 16.4 Å². The Morgan fingerprint density at radius 1 is 1.32 bits per heavy atom. The molecule has 0 atom stereocenters. The monoisotopic (exact) mass is 399 g/mol. The SMILES string of the molecule is CCOC(=O)C1=C(O)/C(=C/c2ccc(Cl)cc2Cl)SC1=NC(=O)CC. The van der Waals surface area contributed by atoms with Crippen LogP contribution in [0.25, 0.3) is 6.08 Å². The molecule has 132 valence electrons. The van der Waals surface area contributed by atoms with Crippen LogP contribution >= 0.6 is 35.0 Å². The average Bonchev–Trinajstić information content (AvgIpc) is 2.85. The molecule has 0 saturated heterocycles. The summed E-state index contributed by atoms with van der Waals surface area (Å²) >= 11 is 13.0. The number of nitrogens with zero attached hydrogens (tertiary/aromatic N) is 1. The lowest BCUT2D eigenvalue weighted by atomic mass is 10.1. The van der Waals surface area contributed by atoms with Crippen molar-refractivity contribution in [1.29, 1.82) is 0 Å². The number of aliphatic hydroxyl groups excluding tert-OH is 1. The van der Waals surface area contributed by atoms with Gasteiger partial charge in [-0.15, -0.1) is 0 Å². The number of carbonyl (C=O) groups excluding carboxylic acids is 2. The summed E-state index contributed by atoms with van der Waals surface area (Å²) < 4.78 is 4.95. The van der Waals surface area contributed by atoms with E-state index in [0.29, 0.717) is 20.5 Å². The van der Waals surface area contributed by atoms with E-state index < -0.39 is 11.9 Å². The van der Waals surface area contributed by atoms with Crippen LogP contribution in [0.15, 0.2) is 39.4 Å². The number of thioether (sulfide) groups is 1. The van der Waals surface area contributed by atoms with Crippen LogP contribution in [-0.2, 0) is 14.3 Å². The second-order valence-corrected chi connectivity index (χ2v) is 6.76. The van der Waals surface area contributed by atoms with Crippen molar-refractivity contribution in [3.05, 3.63) is 50.0 Å². The Balaban J connectivity index is 2.50. The zero-order valence-electron chi connectivity index (χ0n) is 13.5. The number of amides is 1. The van der Waals surface area contributed by atoms with Crippen LogP contribution in [0.4, 0.5) is 0 Å². The largest absolute Gasteiger partial charge is 0.506 e. The predicted octanol–water partition coefficient (Wildman–Crippen LogP) is 4.79. The van der Waals surface area contributed by atoms with E-state index in [9.17, 15) is 14.7 Å². The molecule has 0 unspecified atom stereocenters. The van der Waals surface area contributed by atoms with E-state index in [1.165, 1.54) is 0 Å². The minimum Gasteiger partial charge on any atom is -0.506 e. The maximum absolute atomic E-state index is 12.1. The Bertz CT molecular complexity index is 815. The molecule has 0 aromatic heterocycles. The van der Waals surface area contributed by atoms with E-state index in [-0.39, 0.29) is 29.4 Å². The first kappa shape index (κ1) is 19.6. The number of rotatable bonds is 4. The lowest BCUT2D eigenvalue weighted by molar-refractivity contribution is -0.138. The van der Waals surface area contributed by atoms with Gasteiger partial charge in [-0.3, -0.25) is 4.79 Å². The topological polar surface area (TPSA) is 76.0 Å². The Labute approximate surface area is 159 Å². The van der Waals surface area contributed by atoms with Gasteiger partial charge in [0.2, 0.25) is 5.91 Å². The molecule has 25 heavy (non-hydrogen) atoms. The molecule has 0 fully saturated rings. The molecule has 1 aromatic rings. The summed E-state index contributed by atoms with van der Waals surface area (Å²) in [5.74, 6) is -1.43. The van der Waals surface area contributed by atoms with E-state index in [4.69, 9.17) is 27.9 Å². The molecule has 8 heteroatoms. The molecule has 0 aliphatic carbocycles. The van der Waals surface area contributed by atoms with Crippen LogP contribution in [0, 0.1) is 0 Å². The third-order valence-electron chi connectivity index (χ3n) is 3.15. The molecule has 0 bridgehead atoms. The summed E-state index contributed by atoms with van der Waals surface area (Å²) in [6, 6.07) is 4.90. The first-order valence-corrected chi connectivity index (χ1v) is 9.01. The maximum Gasteiger partial charge on any atom is 0.344 e. The number of benzene rings is 1. The summed E-state index contributed by atoms with van der Waals surface area (Å²) in [6.45, 7) is 3.44. The highest BCUT2D eigenvalue weighted by atomic mass is 35.5. The number of esters is 1. The third-order valence-corrected chi connectivity index (χ3v) is 4.73. The van der Waals surface area contributed by atoms with Crippen molar-refractivity contribution in [3.8, 4) is 0 Å². The molecule has 0 spiro atoms. The van der Waals surface area contributed by atoms with Crippen LogP contribution in [0.1, 0.15) is 25.8 Å². The normalized spacial score (nSPS) is 17.4. The molecule has 1 aromatic carbocycles. The van der Waals surface area contributed by atoms with Gasteiger partial charge in [0, 0.05) is 16.5 Å². The Morgan fingerprint density at radius 2 is 2.04 bits per heavy atom. The second-order valence-electron chi connectivity index (χ2n) is 4.88. The molecule has 1 amide bonds. The van der Waals surface area contributed by atoms with Gasteiger partial charge >= 0.3 is 5.97 Å². The van der Waals surface area contributed by atoms with Crippen LogP contribution in [0.2, 0.25) is 10.0 Å². The molecule has 1 N–H and O–H groups in total. The van der Waals surface area contributed by atoms with Crippen molar-refractivity contribution in [2.75, 3.05) is 6.61 Å². The second kappa shape index (κ2) is 8.56. The Hall–Kier alpha value is -1.76. The first-order valence-electron chi connectivity index (χ1n) is 7.44. The van der Waals surface area contributed by atoms with Crippen molar-refractivity contribution in [2.24, 2.45) is 4.99 Å². The molecule has 1 heterocycles. The quantitative estimate of drug-likeness (QED) is 0.736. The fourth-order valence-electron chi connectivity index (χ4n) is 1.94. The van der Waals surface area contributed by atoms with Crippen molar-refractivity contribution in [1.82, 2.24) is 0 Å². The van der Waals surface area contributed by atoms with Gasteiger partial charge in [0.05, 0.1) is 11.5 Å². The van der Waals surface area contributed by atoms with Crippen molar-refractivity contribution in [2.45, 2.75) is 20.3 Å². The zero-order valence-corrected chi connectivity index (χ0v) is 15.8. The number of hydrogen-bond donors (Lipinski definition) is 1. The molecule has 1 aliphatic rings. The molecular weight excluding hydrogens is 385 g/mol. The fraction of sp³-hybridized carbons (Fsp3) is 0.235. The molecule has 0 saturated carbocycles. The van der Waals surface area contributed by atoms with Gasteiger partial charge in [0.25, 0.3) is 0 Å². The summed E-state index contributed by atoms with van der Waals surface area (Å²) in [6.07, 6.45) is 1.78. The minimum absolute atomic E-state index is 0.110. The number of aliphatic imine (C=N–C) groups is 1. The van der Waals surface area contributed by atoms with Crippen LogP contribution in [-0.4, -0.2) is 28.6 Å². The van der Waals surface area contributed by atoms with Gasteiger partial charge in [-0.25, -0.2) is 9.79 Å². The van der Waals surface area contributed by atoms with Gasteiger partial charge < -0.3 is 9.84 Å². The lowest BCUT2D eigenvalue weighted by Crippen LogP contribution is -2.14.